The second-order valence-electron chi connectivity index (χ2n) is 4.19. The molecule has 0 unspecified atom stereocenters. The molecule has 0 saturated heterocycles. The molecular formula is C14H16N2O3S. The molecule has 20 heavy (non-hydrogen) atoms. The van der Waals surface area contributed by atoms with E-state index in [1.54, 1.807) is 12.1 Å². The Morgan fingerprint density at radius 3 is 2.70 bits per heavy atom. The Balaban J connectivity index is 3.28. The lowest BCUT2D eigenvalue weighted by Crippen LogP contribution is -2.28. The van der Waals surface area contributed by atoms with Crippen LogP contribution < -0.4 is 0 Å². The van der Waals surface area contributed by atoms with Crippen LogP contribution >= 0.6 is 0 Å². The highest BCUT2D eigenvalue weighted by Gasteiger charge is 2.23. The van der Waals surface area contributed by atoms with E-state index in [2.05, 4.69) is 11.8 Å². The Kier molecular flexibility index (Phi) is 5.72. The third-order valence-corrected chi connectivity index (χ3v) is 4.58. The molecule has 1 rings (SSSR count). The van der Waals surface area contributed by atoms with Crippen LogP contribution in [0.15, 0.2) is 23.1 Å². The Bertz CT molecular complexity index is 679. The first-order valence-corrected chi connectivity index (χ1v) is 7.41. The van der Waals surface area contributed by atoms with Crippen molar-refractivity contribution in [1.82, 2.24) is 4.31 Å². The number of hydrogen-bond acceptors (Lipinski definition) is 4. The minimum atomic E-state index is -3.69. The largest absolute Gasteiger partial charge is 0.384 e. The molecule has 1 aromatic carbocycles. The van der Waals surface area contributed by atoms with Crippen LogP contribution in [0.2, 0.25) is 0 Å². The number of sulfonamides is 1. The van der Waals surface area contributed by atoms with Gasteiger partial charge in [-0.05, 0) is 24.6 Å². The van der Waals surface area contributed by atoms with Gasteiger partial charge in [0.25, 0.3) is 0 Å². The number of nitrogens with zero attached hydrogens (tertiary/aromatic N) is 2. The Labute approximate surface area is 119 Å². The first-order chi connectivity index (χ1) is 9.43. The van der Waals surface area contributed by atoms with Crippen LogP contribution in [0.1, 0.15) is 17.5 Å². The second kappa shape index (κ2) is 7.06. The molecule has 0 aliphatic rings. The van der Waals surface area contributed by atoms with E-state index in [0.717, 1.165) is 9.87 Å². The fourth-order valence-corrected chi connectivity index (χ4v) is 2.89. The van der Waals surface area contributed by atoms with Crippen LogP contribution in [0.3, 0.4) is 0 Å². The average Bonchev–Trinajstić information content (AvgIpc) is 2.42. The molecular weight excluding hydrogens is 276 g/mol. The van der Waals surface area contributed by atoms with Gasteiger partial charge in [0.1, 0.15) is 6.61 Å². The van der Waals surface area contributed by atoms with Crippen molar-refractivity contribution in [3.8, 4) is 17.9 Å². The quantitative estimate of drug-likeness (QED) is 0.835. The number of benzene rings is 1. The maximum atomic E-state index is 12.4. The van der Waals surface area contributed by atoms with Gasteiger partial charge in [-0.25, -0.2) is 8.42 Å². The van der Waals surface area contributed by atoms with Crippen molar-refractivity contribution in [3.05, 3.63) is 29.3 Å². The molecule has 0 spiro atoms. The average molecular weight is 292 g/mol. The fraction of sp³-hybridized carbons (Fsp3) is 0.357. The summed E-state index contributed by atoms with van der Waals surface area (Å²) in [6.07, 6.45) is 0.124. The molecule has 1 aromatic rings. The Morgan fingerprint density at radius 1 is 1.40 bits per heavy atom. The standard InChI is InChI=1S/C14H16N2O3S/c1-12-6-7-14(13(11-12)5-3-10-17)20(18,19)16(2)9-4-8-15/h6-7,11,17H,4,9-10H2,1-2H3. The van der Waals surface area contributed by atoms with E-state index >= 15 is 0 Å². The number of aryl methyl sites for hydroxylation is 1. The van der Waals surface area contributed by atoms with Gasteiger partial charge < -0.3 is 5.11 Å². The molecule has 0 heterocycles. The van der Waals surface area contributed by atoms with Crippen LogP contribution in [0.25, 0.3) is 0 Å². The zero-order valence-electron chi connectivity index (χ0n) is 11.4. The molecule has 0 atom stereocenters. The van der Waals surface area contributed by atoms with Crippen LogP contribution in [-0.4, -0.2) is 38.0 Å². The summed E-state index contributed by atoms with van der Waals surface area (Å²) in [6.45, 7) is 1.62. The number of nitriles is 1. The highest BCUT2D eigenvalue weighted by molar-refractivity contribution is 7.89. The SMILES string of the molecule is Cc1ccc(S(=O)(=O)N(C)CCC#N)c(C#CCO)c1. The van der Waals surface area contributed by atoms with Gasteiger partial charge in [0.15, 0.2) is 0 Å². The monoisotopic (exact) mass is 292 g/mol. The summed E-state index contributed by atoms with van der Waals surface area (Å²) in [5, 5.41) is 17.3. The number of aliphatic hydroxyl groups is 1. The van der Waals surface area contributed by atoms with Crippen molar-refractivity contribution in [2.24, 2.45) is 0 Å². The minimum absolute atomic E-state index is 0.0875. The van der Waals surface area contributed by atoms with Gasteiger partial charge in [0, 0.05) is 25.6 Å². The summed E-state index contributed by atoms with van der Waals surface area (Å²) in [4.78, 5) is 0.0875. The lowest BCUT2D eigenvalue weighted by atomic mass is 10.1. The van der Waals surface area contributed by atoms with Gasteiger partial charge in [-0.1, -0.05) is 17.9 Å². The van der Waals surface area contributed by atoms with Crippen LogP contribution in [0.5, 0.6) is 0 Å². The van der Waals surface area contributed by atoms with Crippen molar-refractivity contribution >= 4 is 10.0 Å². The second-order valence-corrected chi connectivity index (χ2v) is 6.21. The summed E-state index contributed by atoms with van der Waals surface area (Å²) in [6, 6.07) is 6.76. The molecule has 0 amide bonds. The zero-order valence-corrected chi connectivity index (χ0v) is 12.2. The van der Waals surface area contributed by atoms with Crippen LogP contribution in [0.4, 0.5) is 0 Å². The summed E-state index contributed by atoms with van der Waals surface area (Å²) in [7, 11) is -2.26. The topological polar surface area (TPSA) is 81.4 Å². The third-order valence-electron chi connectivity index (χ3n) is 2.66. The molecule has 6 heteroatoms. The first kappa shape index (κ1) is 16.2. The first-order valence-electron chi connectivity index (χ1n) is 5.97. The van der Waals surface area contributed by atoms with Crippen molar-refractivity contribution in [2.45, 2.75) is 18.2 Å². The van der Waals surface area contributed by atoms with Gasteiger partial charge in [0.05, 0.1) is 11.0 Å². The van der Waals surface area contributed by atoms with E-state index < -0.39 is 10.0 Å². The Morgan fingerprint density at radius 2 is 2.10 bits per heavy atom. The number of rotatable bonds is 4. The molecule has 1 N–H and O–H groups in total. The molecule has 0 fully saturated rings. The van der Waals surface area contributed by atoms with E-state index in [-0.39, 0.29) is 24.5 Å². The molecule has 0 saturated carbocycles. The van der Waals surface area contributed by atoms with E-state index in [4.69, 9.17) is 10.4 Å². The van der Waals surface area contributed by atoms with Crippen molar-refractivity contribution in [3.63, 3.8) is 0 Å². The highest BCUT2D eigenvalue weighted by atomic mass is 32.2. The Hall–Kier alpha value is -1.86. The van der Waals surface area contributed by atoms with E-state index in [1.807, 2.05) is 13.0 Å². The minimum Gasteiger partial charge on any atom is -0.384 e. The third kappa shape index (κ3) is 3.82. The molecule has 5 nitrogen and oxygen atoms in total. The summed E-state index contributed by atoms with van der Waals surface area (Å²) in [5.41, 5.74) is 1.23. The van der Waals surface area contributed by atoms with Crippen molar-refractivity contribution in [1.29, 1.82) is 5.26 Å². The lowest BCUT2D eigenvalue weighted by Gasteiger charge is -2.17. The predicted octanol–water partition coefficient (Wildman–Crippen LogP) is 0.873. The van der Waals surface area contributed by atoms with Crippen LogP contribution in [0, 0.1) is 30.1 Å². The summed E-state index contributed by atoms with van der Waals surface area (Å²) < 4.78 is 26.0. The molecule has 0 bridgehead atoms. The molecule has 106 valence electrons. The predicted molar refractivity (Wildman–Crippen MR) is 75.2 cm³/mol. The van der Waals surface area contributed by atoms with Gasteiger partial charge in [-0.15, -0.1) is 0 Å². The smallest absolute Gasteiger partial charge is 0.244 e. The van der Waals surface area contributed by atoms with Gasteiger partial charge in [-0.3, -0.25) is 0 Å². The van der Waals surface area contributed by atoms with E-state index in [0.29, 0.717) is 5.56 Å². The normalized spacial score (nSPS) is 10.8. The van der Waals surface area contributed by atoms with Gasteiger partial charge in [-0.2, -0.15) is 9.57 Å². The van der Waals surface area contributed by atoms with Gasteiger partial charge >= 0.3 is 0 Å². The lowest BCUT2D eigenvalue weighted by molar-refractivity contribution is 0.350. The fourth-order valence-electron chi connectivity index (χ4n) is 1.60. The number of hydrogen-bond donors (Lipinski definition) is 1. The van der Waals surface area contributed by atoms with Gasteiger partial charge in [0.2, 0.25) is 10.0 Å². The highest BCUT2D eigenvalue weighted by Crippen LogP contribution is 2.20. The zero-order chi connectivity index (χ0) is 15.2. The van der Waals surface area contributed by atoms with E-state index in [9.17, 15) is 8.42 Å². The van der Waals surface area contributed by atoms with Crippen molar-refractivity contribution < 1.29 is 13.5 Å². The maximum Gasteiger partial charge on any atom is 0.244 e. The summed E-state index contributed by atoms with van der Waals surface area (Å²) >= 11 is 0. The summed E-state index contributed by atoms with van der Waals surface area (Å²) in [5.74, 6) is 5.11. The van der Waals surface area contributed by atoms with Crippen molar-refractivity contribution in [2.75, 3.05) is 20.2 Å². The maximum absolute atomic E-state index is 12.4. The molecule has 0 aromatic heterocycles. The molecule has 0 radical (unpaired) electrons. The molecule has 0 aliphatic carbocycles. The van der Waals surface area contributed by atoms with Crippen LogP contribution in [-0.2, 0) is 10.0 Å². The molecule has 0 aliphatic heterocycles. The van der Waals surface area contributed by atoms with E-state index in [1.165, 1.54) is 13.1 Å². The number of aliphatic hydroxyl groups excluding tert-OH is 1.